The van der Waals surface area contributed by atoms with Crippen LogP contribution in [0.2, 0.25) is 5.02 Å². The summed E-state index contributed by atoms with van der Waals surface area (Å²) in [7, 11) is 0. The van der Waals surface area contributed by atoms with E-state index in [1.54, 1.807) is 0 Å². The topological polar surface area (TPSA) is 41.1 Å². The van der Waals surface area contributed by atoms with Crippen molar-refractivity contribution in [3.8, 4) is 0 Å². The molecule has 16 heavy (non-hydrogen) atoms. The van der Waals surface area contributed by atoms with E-state index in [4.69, 9.17) is 11.6 Å². The lowest BCUT2D eigenvalue weighted by Gasteiger charge is -2.09. The van der Waals surface area contributed by atoms with E-state index in [2.05, 4.69) is 10.6 Å². The van der Waals surface area contributed by atoms with E-state index in [0.29, 0.717) is 5.02 Å². The number of hydrogen-bond acceptors (Lipinski definition) is 2. The first-order valence-corrected chi connectivity index (χ1v) is 5.35. The third-order valence-corrected chi connectivity index (χ3v) is 2.11. The second-order valence-corrected chi connectivity index (χ2v) is 4.14. The van der Waals surface area contributed by atoms with Gasteiger partial charge in [0.15, 0.2) is 0 Å². The molecule has 0 saturated heterocycles. The molecule has 0 saturated carbocycles. The fourth-order valence-electron chi connectivity index (χ4n) is 1.08. The number of benzene rings is 1. The summed E-state index contributed by atoms with van der Waals surface area (Å²) in [5.41, 5.74) is 0.100. The van der Waals surface area contributed by atoms with Crippen molar-refractivity contribution < 1.29 is 9.18 Å². The minimum absolute atomic E-state index is 0.100. The number of carbonyl (C=O) groups is 1. The predicted molar refractivity (Wildman–Crippen MR) is 63.2 cm³/mol. The van der Waals surface area contributed by atoms with E-state index in [1.165, 1.54) is 18.2 Å². The summed E-state index contributed by atoms with van der Waals surface area (Å²) in [5, 5.41) is 5.76. The summed E-state index contributed by atoms with van der Waals surface area (Å²) < 4.78 is 13.2. The van der Waals surface area contributed by atoms with Gasteiger partial charge in [-0.1, -0.05) is 25.4 Å². The number of carbonyl (C=O) groups excluding carboxylic acids is 1. The number of halogens is 2. The Morgan fingerprint density at radius 2 is 2.19 bits per heavy atom. The summed E-state index contributed by atoms with van der Waals surface area (Å²) >= 11 is 5.69. The Labute approximate surface area is 99.0 Å². The van der Waals surface area contributed by atoms with Gasteiger partial charge in [0.05, 0.1) is 12.2 Å². The average molecular weight is 245 g/mol. The highest BCUT2D eigenvalue weighted by Gasteiger charge is 2.07. The fourth-order valence-corrected chi connectivity index (χ4v) is 1.26. The summed E-state index contributed by atoms with van der Waals surface area (Å²) in [5.74, 6) is -0.794. The van der Waals surface area contributed by atoms with Crippen LogP contribution in [0.25, 0.3) is 0 Å². The molecule has 1 amide bonds. The normalized spacial score (nSPS) is 10.6. The molecule has 1 rings (SSSR count). The Kier molecular flexibility index (Phi) is 4.71. The van der Waals surface area contributed by atoms with Crippen molar-refractivity contribution in [3.05, 3.63) is 29.0 Å². The van der Waals surface area contributed by atoms with Crippen molar-refractivity contribution in [2.24, 2.45) is 0 Å². The molecule has 0 radical (unpaired) electrons. The van der Waals surface area contributed by atoms with Gasteiger partial charge < -0.3 is 10.6 Å². The molecule has 0 spiro atoms. The molecule has 5 heteroatoms. The van der Waals surface area contributed by atoms with Crippen molar-refractivity contribution in [2.75, 3.05) is 11.9 Å². The quantitative estimate of drug-likeness (QED) is 0.854. The van der Waals surface area contributed by atoms with E-state index in [9.17, 15) is 9.18 Å². The lowest BCUT2D eigenvalue weighted by Crippen LogP contribution is -2.32. The Morgan fingerprint density at radius 1 is 1.50 bits per heavy atom. The highest BCUT2D eigenvalue weighted by atomic mass is 35.5. The molecule has 0 heterocycles. The molecule has 0 aliphatic heterocycles. The summed E-state index contributed by atoms with van der Waals surface area (Å²) in [6.07, 6.45) is 0. The largest absolute Gasteiger partial charge is 0.322 e. The van der Waals surface area contributed by atoms with Crippen molar-refractivity contribution >= 4 is 23.2 Å². The summed E-state index contributed by atoms with van der Waals surface area (Å²) in [4.78, 5) is 11.4. The van der Waals surface area contributed by atoms with Crippen molar-refractivity contribution in [1.82, 2.24) is 5.32 Å². The minimum Gasteiger partial charge on any atom is -0.322 e. The molecule has 0 unspecified atom stereocenters. The van der Waals surface area contributed by atoms with Crippen LogP contribution in [-0.4, -0.2) is 18.5 Å². The van der Waals surface area contributed by atoms with Gasteiger partial charge in [0, 0.05) is 11.1 Å². The van der Waals surface area contributed by atoms with Crippen LogP contribution in [-0.2, 0) is 4.79 Å². The van der Waals surface area contributed by atoms with Gasteiger partial charge in [-0.3, -0.25) is 4.79 Å². The lowest BCUT2D eigenvalue weighted by atomic mass is 10.3. The smallest absolute Gasteiger partial charge is 0.238 e. The maximum atomic E-state index is 13.2. The molecule has 0 aliphatic rings. The second kappa shape index (κ2) is 5.82. The molecule has 2 N–H and O–H groups in total. The molecule has 0 fully saturated rings. The van der Waals surface area contributed by atoms with Gasteiger partial charge in [-0.05, 0) is 18.2 Å². The monoisotopic (exact) mass is 244 g/mol. The SMILES string of the molecule is CC(C)NCC(=O)Nc1cc(Cl)ccc1F. The number of amides is 1. The van der Waals surface area contributed by atoms with Gasteiger partial charge in [-0.15, -0.1) is 0 Å². The van der Waals surface area contributed by atoms with Crippen LogP contribution in [0.4, 0.5) is 10.1 Å². The zero-order valence-corrected chi connectivity index (χ0v) is 9.94. The first kappa shape index (κ1) is 12.9. The van der Waals surface area contributed by atoms with E-state index in [0.717, 1.165) is 0 Å². The van der Waals surface area contributed by atoms with Crippen molar-refractivity contribution in [2.45, 2.75) is 19.9 Å². The van der Waals surface area contributed by atoms with Crippen LogP contribution in [0, 0.1) is 5.82 Å². The first-order valence-electron chi connectivity index (χ1n) is 4.97. The number of rotatable bonds is 4. The number of anilines is 1. The van der Waals surface area contributed by atoms with E-state index in [-0.39, 0.29) is 24.2 Å². The summed E-state index contributed by atoms with van der Waals surface area (Å²) in [6, 6.07) is 4.23. The zero-order chi connectivity index (χ0) is 12.1. The third-order valence-electron chi connectivity index (χ3n) is 1.87. The molecule has 88 valence electrons. The molecule has 1 aromatic carbocycles. The molecule has 0 aromatic heterocycles. The standard InChI is InChI=1S/C11H14ClFN2O/c1-7(2)14-6-11(16)15-10-5-8(12)3-4-9(10)13/h3-5,7,14H,6H2,1-2H3,(H,15,16). The van der Waals surface area contributed by atoms with Crippen LogP contribution >= 0.6 is 11.6 Å². The maximum Gasteiger partial charge on any atom is 0.238 e. The van der Waals surface area contributed by atoms with Gasteiger partial charge in [0.1, 0.15) is 5.82 Å². The molecule has 0 bridgehead atoms. The van der Waals surface area contributed by atoms with Gasteiger partial charge in [0.25, 0.3) is 0 Å². The van der Waals surface area contributed by atoms with Gasteiger partial charge >= 0.3 is 0 Å². The fraction of sp³-hybridized carbons (Fsp3) is 0.364. The molecule has 3 nitrogen and oxygen atoms in total. The maximum absolute atomic E-state index is 13.2. The molecule has 0 atom stereocenters. The van der Waals surface area contributed by atoms with E-state index < -0.39 is 5.82 Å². The van der Waals surface area contributed by atoms with Crippen LogP contribution in [0.3, 0.4) is 0 Å². The molecule has 1 aromatic rings. The van der Waals surface area contributed by atoms with Crippen molar-refractivity contribution in [3.63, 3.8) is 0 Å². The average Bonchev–Trinajstić information content (AvgIpc) is 2.20. The second-order valence-electron chi connectivity index (χ2n) is 3.71. The predicted octanol–water partition coefficient (Wildman–Crippen LogP) is 2.42. The lowest BCUT2D eigenvalue weighted by molar-refractivity contribution is -0.115. The minimum atomic E-state index is -0.498. The molecular formula is C11H14ClFN2O. The Bertz CT molecular complexity index is 382. The summed E-state index contributed by atoms with van der Waals surface area (Å²) in [6.45, 7) is 3.99. The highest BCUT2D eigenvalue weighted by Crippen LogP contribution is 2.19. The first-order chi connectivity index (χ1) is 7.49. The van der Waals surface area contributed by atoms with Crippen molar-refractivity contribution in [1.29, 1.82) is 0 Å². The number of hydrogen-bond donors (Lipinski definition) is 2. The Hall–Kier alpha value is -1.13. The molecular weight excluding hydrogens is 231 g/mol. The zero-order valence-electron chi connectivity index (χ0n) is 9.18. The van der Waals surface area contributed by atoms with Gasteiger partial charge in [0.2, 0.25) is 5.91 Å². The molecule has 0 aliphatic carbocycles. The van der Waals surface area contributed by atoms with E-state index in [1.807, 2.05) is 13.8 Å². The third kappa shape index (κ3) is 4.16. The van der Waals surface area contributed by atoms with Crippen LogP contribution in [0.5, 0.6) is 0 Å². The van der Waals surface area contributed by atoms with Crippen LogP contribution in [0.15, 0.2) is 18.2 Å². The highest BCUT2D eigenvalue weighted by molar-refractivity contribution is 6.30. The van der Waals surface area contributed by atoms with Crippen LogP contribution in [0.1, 0.15) is 13.8 Å². The Morgan fingerprint density at radius 3 is 2.81 bits per heavy atom. The van der Waals surface area contributed by atoms with E-state index >= 15 is 0 Å². The van der Waals surface area contributed by atoms with Crippen LogP contribution < -0.4 is 10.6 Å². The van der Waals surface area contributed by atoms with Gasteiger partial charge in [-0.25, -0.2) is 4.39 Å². The van der Waals surface area contributed by atoms with Gasteiger partial charge in [-0.2, -0.15) is 0 Å². The Balaban J connectivity index is 2.59. The number of nitrogens with one attached hydrogen (secondary N) is 2.